The number of hydrogen-bond donors (Lipinski definition) is 2. The van der Waals surface area contributed by atoms with Crippen LogP contribution in [-0.2, 0) is 6.42 Å². The number of benzene rings is 1. The number of rotatable bonds is 3. The van der Waals surface area contributed by atoms with E-state index < -0.39 is 0 Å². The van der Waals surface area contributed by atoms with Gasteiger partial charge in [-0.2, -0.15) is 0 Å². The van der Waals surface area contributed by atoms with Crippen molar-refractivity contribution in [3.8, 4) is 0 Å². The normalized spacial score (nSPS) is 10.4. The van der Waals surface area contributed by atoms with Gasteiger partial charge >= 0.3 is 0 Å². The second-order valence-corrected chi connectivity index (χ2v) is 4.00. The van der Waals surface area contributed by atoms with Gasteiger partial charge in [0.05, 0.1) is 0 Å². The van der Waals surface area contributed by atoms with Gasteiger partial charge in [-0.3, -0.25) is 0 Å². The first kappa shape index (κ1) is 10.7. The number of nitrogens with one attached hydrogen (secondary N) is 2. The first-order valence-corrected chi connectivity index (χ1v) is 5.58. The molecule has 2 rings (SSSR count). The van der Waals surface area contributed by atoms with Gasteiger partial charge in [-0.25, -0.2) is 4.98 Å². The summed E-state index contributed by atoms with van der Waals surface area (Å²) in [4.78, 5) is 7.44. The Morgan fingerprint density at radius 3 is 2.75 bits per heavy atom. The first-order valence-electron chi connectivity index (χ1n) is 5.58. The van der Waals surface area contributed by atoms with Crippen LogP contribution in [0, 0.1) is 13.8 Å². The zero-order valence-electron chi connectivity index (χ0n) is 9.96. The van der Waals surface area contributed by atoms with Gasteiger partial charge in [-0.1, -0.05) is 25.1 Å². The number of hydrogen-bond acceptors (Lipinski definition) is 2. The molecule has 3 heteroatoms. The monoisotopic (exact) mass is 215 g/mol. The molecule has 0 saturated heterocycles. The number of nitrogens with zero attached hydrogens (tertiary/aromatic N) is 1. The van der Waals surface area contributed by atoms with Crippen molar-refractivity contribution < 1.29 is 0 Å². The number of aromatic nitrogens is 2. The molecule has 0 amide bonds. The Morgan fingerprint density at radius 2 is 2.12 bits per heavy atom. The largest absolute Gasteiger partial charge is 0.328 e. The van der Waals surface area contributed by atoms with E-state index in [0.29, 0.717) is 0 Å². The molecule has 0 atom stereocenters. The van der Waals surface area contributed by atoms with Crippen LogP contribution in [0.5, 0.6) is 0 Å². The Labute approximate surface area is 95.9 Å². The Morgan fingerprint density at radius 1 is 1.31 bits per heavy atom. The van der Waals surface area contributed by atoms with Crippen LogP contribution in [0.25, 0.3) is 0 Å². The van der Waals surface area contributed by atoms with Gasteiger partial charge in [0.15, 0.2) is 0 Å². The Balaban J connectivity index is 2.33. The molecule has 84 valence electrons. The lowest BCUT2D eigenvalue weighted by atomic mass is 10.1. The SMILES string of the molecule is CCc1cccc(C)c1Nc1ncc(C)[nH]1. The fourth-order valence-corrected chi connectivity index (χ4v) is 1.80. The van der Waals surface area contributed by atoms with Crippen LogP contribution in [0.1, 0.15) is 23.7 Å². The molecule has 2 aromatic rings. The number of anilines is 2. The summed E-state index contributed by atoms with van der Waals surface area (Å²) < 4.78 is 0. The molecule has 0 unspecified atom stereocenters. The maximum atomic E-state index is 4.26. The third kappa shape index (κ3) is 2.08. The molecule has 0 saturated carbocycles. The molecule has 0 aliphatic heterocycles. The average Bonchev–Trinajstić information content (AvgIpc) is 2.67. The van der Waals surface area contributed by atoms with Gasteiger partial charge in [0, 0.05) is 17.6 Å². The molecular weight excluding hydrogens is 198 g/mol. The maximum absolute atomic E-state index is 4.26. The predicted molar refractivity (Wildman–Crippen MR) is 67.2 cm³/mol. The molecule has 3 nitrogen and oxygen atoms in total. The van der Waals surface area contributed by atoms with E-state index >= 15 is 0 Å². The van der Waals surface area contributed by atoms with Gasteiger partial charge in [-0.05, 0) is 31.4 Å². The number of H-pyrrole nitrogens is 1. The summed E-state index contributed by atoms with van der Waals surface area (Å²) in [6.07, 6.45) is 2.84. The lowest BCUT2D eigenvalue weighted by Gasteiger charge is -2.11. The van der Waals surface area contributed by atoms with Crippen molar-refractivity contribution in [1.82, 2.24) is 9.97 Å². The summed E-state index contributed by atoms with van der Waals surface area (Å²) in [7, 11) is 0. The van der Waals surface area contributed by atoms with Crippen molar-refractivity contribution in [2.45, 2.75) is 27.2 Å². The van der Waals surface area contributed by atoms with E-state index in [1.165, 1.54) is 16.8 Å². The van der Waals surface area contributed by atoms with Crippen LogP contribution in [0.3, 0.4) is 0 Å². The van der Waals surface area contributed by atoms with Crippen molar-refractivity contribution in [3.63, 3.8) is 0 Å². The smallest absolute Gasteiger partial charge is 0.204 e. The van der Waals surface area contributed by atoms with Crippen molar-refractivity contribution in [1.29, 1.82) is 0 Å². The lowest BCUT2D eigenvalue weighted by molar-refractivity contribution is 1.12. The van der Waals surface area contributed by atoms with Crippen LogP contribution < -0.4 is 5.32 Å². The summed E-state index contributed by atoms with van der Waals surface area (Å²) >= 11 is 0. The molecule has 1 heterocycles. The van der Waals surface area contributed by atoms with Crippen LogP contribution in [0.4, 0.5) is 11.6 Å². The average molecular weight is 215 g/mol. The highest BCUT2D eigenvalue weighted by molar-refractivity contribution is 5.63. The van der Waals surface area contributed by atoms with E-state index in [0.717, 1.165) is 18.1 Å². The third-order valence-corrected chi connectivity index (χ3v) is 2.69. The minimum absolute atomic E-state index is 0.807. The van der Waals surface area contributed by atoms with E-state index in [-0.39, 0.29) is 0 Å². The van der Waals surface area contributed by atoms with Gasteiger partial charge in [-0.15, -0.1) is 0 Å². The van der Waals surface area contributed by atoms with Gasteiger partial charge in [0.1, 0.15) is 0 Å². The van der Waals surface area contributed by atoms with Crippen LogP contribution in [-0.4, -0.2) is 9.97 Å². The van der Waals surface area contributed by atoms with Crippen LogP contribution in [0.2, 0.25) is 0 Å². The topological polar surface area (TPSA) is 40.7 Å². The standard InChI is InChI=1S/C13H17N3/c1-4-11-7-5-6-9(2)12(11)16-13-14-8-10(3)15-13/h5-8H,4H2,1-3H3,(H2,14,15,16). The Bertz CT molecular complexity index is 486. The van der Waals surface area contributed by atoms with E-state index in [1.807, 2.05) is 13.1 Å². The fourth-order valence-electron chi connectivity index (χ4n) is 1.80. The van der Waals surface area contributed by atoms with Gasteiger partial charge in [0.2, 0.25) is 5.95 Å². The second kappa shape index (κ2) is 4.39. The van der Waals surface area contributed by atoms with E-state index in [1.54, 1.807) is 0 Å². The number of aromatic amines is 1. The zero-order chi connectivity index (χ0) is 11.5. The fraction of sp³-hybridized carbons (Fsp3) is 0.308. The number of para-hydroxylation sites is 1. The maximum Gasteiger partial charge on any atom is 0.204 e. The van der Waals surface area contributed by atoms with E-state index in [9.17, 15) is 0 Å². The molecule has 0 radical (unpaired) electrons. The highest BCUT2D eigenvalue weighted by Crippen LogP contribution is 2.23. The van der Waals surface area contributed by atoms with Crippen molar-refractivity contribution >= 4 is 11.6 Å². The molecule has 2 N–H and O–H groups in total. The molecule has 1 aromatic heterocycles. The molecule has 1 aromatic carbocycles. The summed E-state index contributed by atoms with van der Waals surface area (Å²) in [6.45, 7) is 6.27. The minimum atomic E-state index is 0.807. The van der Waals surface area contributed by atoms with E-state index in [2.05, 4.69) is 47.3 Å². The van der Waals surface area contributed by atoms with Crippen LogP contribution in [0.15, 0.2) is 24.4 Å². The highest BCUT2D eigenvalue weighted by atomic mass is 15.1. The Hall–Kier alpha value is -1.77. The third-order valence-electron chi connectivity index (χ3n) is 2.69. The first-order chi connectivity index (χ1) is 7.70. The summed E-state index contributed by atoms with van der Waals surface area (Å²) in [5.74, 6) is 0.807. The van der Waals surface area contributed by atoms with Gasteiger partial charge < -0.3 is 10.3 Å². The summed E-state index contributed by atoms with van der Waals surface area (Å²) in [6, 6.07) is 6.34. The summed E-state index contributed by atoms with van der Waals surface area (Å²) in [5.41, 5.74) is 4.79. The number of aryl methyl sites for hydroxylation is 3. The molecular formula is C13H17N3. The van der Waals surface area contributed by atoms with Crippen LogP contribution >= 0.6 is 0 Å². The predicted octanol–water partition coefficient (Wildman–Crippen LogP) is 3.33. The van der Waals surface area contributed by atoms with Crippen molar-refractivity contribution in [2.75, 3.05) is 5.32 Å². The van der Waals surface area contributed by atoms with E-state index in [4.69, 9.17) is 0 Å². The molecule has 0 aliphatic rings. The van der Waals surface area contributed by atoms with Crippen molar-refractivity contribution in [3.05, 3.63) is 41.2 Å². The molecule has 0 bridgehead atoms. The highest BCUT2D eigenvalue weighted by Gasteiger charge is 2.05. The lowest BCUT2D eigenvalue weighted by Crippen LogP contribution is -1.99. The quantitative estimate of drug-likeness (QED) is 0.824. The molecule has 0 fully saturated rings. The second-order valence-electron chi connectivity index (χ2n) is 4.00. The summed E-state index contributed by atoms with van der Waals surface area (Å²) in [5, 5.41) is 3.35. The van der Waals surface area contributed by atoms with Gasteiger partial charge in [0.25, 0.3) is 0 Å². The molecule has 0 spiro atoms. The van der Waals surface area contributed by atoms with Crippen molar-refractivity contribution in [2.24, 2.45) is 0 Å². The number of imidazole rings is 1. The molecule has 16 heavy (non-hydrogen) atoms. The molecule has 0 aliphatic carbocycles. The minimum Gasteiger partial charge on any atom is -0.328 e. The zero-order valence-corrected chi connectivity index (χ0v) is 9.96. The Kier molecular flexibility index (Phi) is 2.95.